The van der Waals surface area contributed by atoms with Crippen molar-refractivity contribution in [1.82, 2.24) is 19.7 Å². The van der Waals surface area contributed by atoms with Gasteiger partial charge in [0.1, 0.15) is 11.4 Å². The fraction of sp³-hybridized carbons (Fsp3) is 0.300. The van der Waals surface area contributed by atoms with Crippen molar-refractivity contribution in [3.05, 3.63) is 30.4 Å². The lowest BCUT2D eigenvalue weighted by molar-refractivity contribution is 0.0538. The summed E-state index contributed by atoms with van der Waals surface area (Å²) < 4.78 is 26.1. The van der Waals surface area contributed by atoms with Crippen LogP contribution in [0, 0.1) is 0 Å². The Labute approximate surface area is 96.3 Å². The van der Waals surface area contributed by atoms with E-state index < -0.39 is 6.55 Å². The lowest BCUT2D eigenvalue weighted by Gasteiger charge is -2.03. The first-order valence-corrected chi connectivity index (χ1v) is 5.05. The highest BCUT2D eigenvalue weighted by Crippen LogP contribution is 2.20. The first-order valence-electron chi connectivity index (χ1n) is 5.05. The minimum atomic E-state index is -2.68. The first-order chi connectivity index (χ1) is 8.22. The Kier molecular flexibility index (Phi) is 3.38. The molecular formula is C10H11F2N5. The number of alkyl halides is 2. The van der Waals surface area contributed by atoms with Gasteiger partial charge in [-0.2, -0.15) is 13.9 Å². The average molecular weight is 239 g/mol. The Hall–Kier alpha value is -1.89. The summed E-state index contributed by atoms with van der Waals surface area (Å²) in [6.07, 6.45) is 4.82. The zero-order chi connectivity index (χ0) is 12.3. The van der Waals surface area contributed by atoms with Gasteiger partial charge >= 0.3 is 6.55 Å². The van der Waals surface area contributed by atoms with E-state index in [-0.39, 0.29) is 0 Å². The Morgan fingerprint density at radius 1 is 1.29 bits per heavy atom. The first kappa shape index (κ1) is 11.6. The summed E-state index contributed by atoms with van der Waals surface area (Å²) >= 11 is 0. The van der Waals surface area contributed by atoms with E-state index in [2.05, 4.69) is 15.1 Å². The molecule has 2 heterocycles. The monoisotopic (exact) mass is 239 g/mol. The van der Waals surface area contributed by atoms with Crippen molar-refractivity contribution >= 4 is 0 Å². The number of halogens is 2. The number of nitrogens with zero attached hydrogens (tertiary/aromatic N) is 4. The Balaban J connectivity index is 2.40. The molecule has 0 spiro atoms. The summed E-state index contributed by atoms with van der Waals surface area (Å²) in [5.41, 5.74) is 6.60. The molecule has 90 valence electrons. The molecule has 0 amide bonds. The van der Waals surface area contributed by atoms with Crippen molar-refractivity contribution in [3.63, 3.8) is 0 Å². The van der Waals surface area contributed by atoms with E-state index in [9.17, 15) is 8.78 Å². The van der Waals surface area contributed by atoms with Crippen LogP contribution in [0.15, 0.2) is 24.7 Å². The van der Waals surface area contributed by atoms with Gasteiger partial charge < -0.3 is 5.73 Å². The zero-order valence-electron chi connectivity index (χ0n) is 8.92. The van der Waals surface area contributed by atoms with E-state index in [1.54, 1.807) is 6.07 Å². The van der Waals surface area contributed by atoms with Gasteiger partial charge in [-0.05, 0) is 12.6 Å². The van der Waals surface area contributed by atoms with E-state index in [1.165, 1.54) is 18.6 Å². The van der Waals surface area contributed by atoms with Gasteiger partial charge in [-0.3, -0.25) is 9.97 Å². The predicted octanol–water partition coefficient (Wildman–Crippen LogP) is 1.24. The molecule has 2 aromatic heterocycles. The second kappa shape index (κ2) is 4.96. The number of hydrogen-bond acceptors (Lipinski definition) is 4. The molecule has 0 aliphatic carbocycles. The smallest absolute Gasteiger partial charge is 0.330 e. The molecule has 2 aromatic rings. The highest BCUT2D eigenvalue weighted by Gasteiger charge is 2.16. The lowest BCUT2D eigenvalue weighted by Crippen LogP contribution is -2.10. The number of hydrogen-bond donors (Lipinski definition) is 1. The maximum absolute atomic E-state index is 12.7. The molecule has 0 unspecified atom stereocenters. The van der Waals surface area contributed by atoms with E-state index >= 15 is 0 Å². The normalized spacial score (nSPS) is 11.1. The molecule has 0 aromatic carbocycles. The van der Waals surface area contributed by atoms with Gasteiger partial charge in [-0.1, -0.05) is 0 Å². The van der Waals surface area contributed by atoms with Crippen LogP contribution in [-0.4, -0.2) is 26.3 Å². The van der Waals surface area contributed by atoms with Crippen molar-refractivity contribution in [3.8, 4) is 11.4 Å². The summed E-state index contributed by atoms with van der Waals surface area (Å²) in [6, 6.07) is 1.56. The van der Waals surface area contributed by atoms with E-state index in [4.69, 9.17) is 5.73 Å². The predicted molar refractivity (Wildman–Crippen MR) is 57.3 cm³/mol. The molecule has 7 heteroatoms. The van der Waals surface area contributed by atoms with Crippen LogP contribution in [0.1, 0.15) is 12.2 Å². The van der Waals surface area contributed by atoms with Crippen LogP contribution >= 0.6 is 0 Å². The van der Waals surface area contributed by atoms with Gasteiger partial charge in [0.05, 0.1) is 6.20 Å². The summed E-state index contributed by atoms with van der Waals surface area (Å²) in [5, 5.41) is 3.81. The van der Waals surface area contributed by atoms with Crippen molar-refractivity contribution < 1.29 is 8.78 Å². The van der Waals surface area contributed by atoms with Gasteiger partial charge in [0.25, 0.3) is 0 Å². The molecule has 0 bridgehead atoms. The van der Waals surface area contributed by atoms with Gasteiger partial charge in [-0.25, -0.2) is 4.68 Å². The molecular weight excluding hydrogens is 228 g/mol. The van der Waals surface area contributed by atoms with E-state index in [0.717, 1.165) is 0 Å². The van der Waals surface area contributed by atoms with Crippen LogP contribution in [0.4, 0.5) is 8.78 Å². The summed E-state index contributed by atoms with van der Waals surface area (Å²) in [4.78, 5) is 7.88. The van der Waals surface area contributed by atoms with Crippen LogP contribution < -0.4 is 5.73 Å². The Morgan fingerprint density at radius 2 is 2.12 bits per heavy atom. The van der Waals surface area contributed by atoms with Crippen molar-refractivity contribution in [2.45, 2.75) is 13.0 Å². The van der Waals surface area contributed by atoms with E-state index in [0.29, 0.717) is 34.7 Å². The molecule has 0 fully saturated rings. The minimum Gasteiger partial charge on any atom is -0.330 e. The highest BCUT2D eigenvalue weighted by molar-refractivity contribution is 5.52. The van der Waals surface area contributed by atoms with Crippen LogP contribution in [-0.2, 0) is 6.42 Å². The van der Waals surface area contributed by atoms with Gasteiger partial charge in [0.2, 0.25) is 0 Å². The topological polar surface area (TPSA) is 69.6 Å². The molecule has 0 radical (unpaired) electrons. The number of aromatic nitrogens is 4. The average Bonchev–Trinajstić information content (AvgIpc) is 2.75. The second-order valence-corrected chi connectivity index (χ2v) is 3.37. The Morgan fingerprint density at radius 3 is 2.71 bits per heavy atom. The summed E-state index contributed by atoms with van der Waals surface area (Å²) in [5.74, 6) is 0. The molecule has 2 N–H and O–H groups in total. The molecule has 17 heavy (non-hydrogen) atoms. The Bertz CT molecular complexity index is 483. The molecule has 0 aliphatic heterocycles. The van der Waals surface area contributed by atoms with Crippen molar-refractivity contribution in [2.75, 3.05) is 6.54 Å². The van der Waals surface area contributed by atoms with Crippen LogP contribution in [0.5, 0.6) is 0 Å². The summed E-state index contributed by atoms with van der Waals surface area (Å²) in [6.45, 7) is -2.39. The number of rotatable bonds is 4. The minimum absolute atomic E-state index is 0.290. The largest absolute Gasteiger partial charge is 0.333 e. The molecule has 0 saturated heterocycles. The second-order valence-electron chi connectivity index (χ2n) is 3.37. The van der Waals surface area contributed by atoms with Crippen molar-refractivity contribution in [2.24, 2.45) is 5.73 Å². The maximum Gasteiger partial charge on any atom is 0.333 e. The quantitative estimate of drug-likeness (QED) is 0.871. The molecule has 0 saturated carbocycles. The summed E-state index contributed by atoms with van der Waals surface area (Å²) in [7, 11) is 0. The van der Waals surface area contributed by atoms with Crippen molar-refractivity contribution in [1.29, 1.82) is 0 Å². The molecule has 0 aliphatic rings. The van der Waals surface area contributed by atoms with Crippen LogP contribution in [0.2, 0.25) is 0 Å². The SMILES string of the molecule is NCCc1cc(-c2cnccn2)nn1C(F)F. The maximum atomic E-state index is 12.7. The molecule has 5 nitrogen and oxygen atoms in total. The third-order valence-corrected chi connectivity index (χ3v) is 2.22. The zero-order valence-corrected chi connectivity index (χ0v) is 8.92. The fourth-order valence-electron chi connectivity index (χ4n) is 1.49. The van der Waals surface area contributed by atoms with Crippen LogP contribution in [0.3, 0.4) is 0 Å². The third kappa shape index (κ3) is 2.44. The van der Waals surface area contributed by atoms with Gasteiger partial charge in [0.15, 0.2) is 0 Å². The molecule has 2 rings (SSSR count). The van der Waals surface area contributed by atoms with Crippen LogP contribution in [0.25, 0.3) is 11.4 Å². The molecule has 0 atom stereocenters. The van der Waals surface area contributed by atoms with Gasteiger partial charge in [0, 0.05) is 24.5 Å². The highest BCUT2D eigenvalue weighted by atomic mass is 19.3. The third-order valence-electron chi connectivity index (χ3n) is 2.22. The fourth-order valence-corrected chi connectivity index (χ4v) is 1.49. The lowest BCUT2D eigenvalue weighted by atomic mass is 10.2. The number of nitrogens with two attached hydrogens (primary N) is 1. The van der Waals surface area contributed by atoms with E-state index in [1.807, 2.05) is 0 Å². The standard InChI is InChI=1S/C10H11F2N5/c11-10(12)17-7(1-2-13)5-8(16-17)9-6-14-3-4-15-9/h3-6,10H,1-2,13H2. The van der Waals surface area contributed by atoms with Gasteiger partial charge in [-0.15, -0.1) is 0 Å².